The van der Waals surface area contributed by atoms with Gasteiger partial charge in [-0.1, -0.05) is 6.92 Å². The Labute approximate surface area is 225 Å². The number of carbonyl (C=O) groups excluding carboxylic acids is 4. The van der Waals surface area contributed by atoms with Crippen LogP contribution in [-0.2, 0) is 20.8 Å². The normalized spacial score (nSPS) is 27.2. The number of rotatable bonds is 3. The number of benzene rings is 1. The maximum atomic E-state index is 13.8. The van der Waals surface area contributed by atoms with E-state index in [2.05, 4.69) is 6.92 Å². The molecule has 11 heteroatoms. The Balaban J connectivity index is 1.67. The number of hydrogen-bond donors (Lipinski definition) is 5. The fraction of sp³-hybridized carbons (Fsp3) is 0.500. The maximum absolute atomic E-state index is 13.8. The van der Waals surface area contributed by atoms with Gasteiger partial charge in [0.2, 0.25) is 5.78 Å². The predicted molar refractivity (Wildman–Crippen MR) is 140 cm³/mol. The average molecular weight is 540 g/mol. The van der Waals surface area contributed by atoms with Crippen molar-refractivity contribution in [2.45, 2.75) is 44.6 Å². The minimum Gasteiger partial charge on any atom is -0.508 e. The summed E-state index contributed by atoms with van der Waals surface area (Å²) in [5, 5.41) is 45.0. The number of ketones is 2. The Hall–Kier alpha value is -3.86. The summed E-state index contributed by atoms with van der Waals surface area (Å²) in [6.45, 7) is 3.18. The molecule has 3 atom stereocenters. The van der Waals surface area contributed by atoms with E-state index in [1.807, 2.05) is 0 Å². The molecule has 1 heterocycles. The van der Waals surface area contributed by atoms with Crippen LogP contribution in [0.1, 0.15) is 54.1 Å². The summed E-state index contributed by atoms with van der Waals surface area (Å²) in [5.41, 5.74) is 2.54. The Morgan fingerprint density at radius 2 is 1.74 bits per heavy atom. The molecule has 0 spiro atoms. The lowest BCUT2D eigenvalue weighted by Crippen LogP contribution is -2.58. The SMILES string of the molecule is CC1CCN(C(=O)c2cc(N(C)C)c3c(c2O)C(O)=C2C(=O)[C@]4(O)C(O)=C(C(N)=O)C(=O)C[C@@H]4CC2C3)CC1. The van der Waals surface area contributed by atoms with Crippen molar-refractivity contribution in [2.75, 3.05) is 32.1 Å². The van der Waals surface area contributed by atoms with Gasteiger partial charge in [-0.25, -0.2) is 0 Å². The van der Waals surface area contributed by atoms with E-state index in [0.717, 1.165) is 12.8 Å². The van der Waals surface area contributed by atoms with Crippen molar-refractivity contribution in [1.82, 2.24) is 4.90 Å². The number of aliphatic hydroxyl groups is 3. The number of aliphatic hydroxyl groups excluding tert-OH is 2. The van der Waals surface area contributed by atoms with Crippen molar-refractivity contribution in [3.05, 3.63) is 39.7 Å². The number of phenols is 1. The molecule has 39 heavy (non-hydrogen) atoms. The third-order valence-electron chi connectivity index (χ3n) is 8.82. The molecule has 4 aliphatic rings. The summed E-state index contributed by atoms with van der Waals surface area (Å²) in [6.07, 6.45) is 1.50. The minimum atomic E-state index is -2.63. The van der Waals surface area contributed by atoms with E-state index < -0.39 is 63.7 Å². The molecule has 0 aromatic heterocycles. The molecule has 2 fully saturated rings. The second kappa shape index (κ2) is 9.11. The van der Waals surface area contributed by atoms with Gasteiger partial charge in [-0.05, 0) is 49.1 Å². The minimum absolute atomic E-state index is 0.0144. The summed E-state index contributed by atoms with van der Waals surface area (Å²) in [4.78, 5) is 55.0. The van der Waals surface area contributed by atoms with E-state index in [4.69, 9.17) is 5.73 Å². The van der Waals surface area contributed by atoms with Gasteiger partial charge in [-0.15, -0.1) is 0 Å². The largest absolute Gasteiger partial charge is 0.508 e. The number of hydrogen-bond acceptors (Lipinski definition) is 9. The van der Waals surface area contributed by atoms with Crippen LogP contribution in [0.4, 0.5) is 5.69 Å². The Morgan fingerprint density at radius 3 is 2.33 bits per heavy atom. The van der Waals surface area contributed by atoms with Crippen LogP contribution in [0.2, 0.25) is 0 Å². The number of nitrogens with zero attached hydrogens (tertiary/aromatic N) is 2. The van der Waals surface area contributed by atoms with Crippen LogP contribution in [-0.4, -0.2) is 81.5 Å². The van der Waals surface area contributed by atoms with Crippen LogP contribution in [0, 0.1) is 17.8 Å². The number of aromatic hydroxyl groups is 1. The standard InChI is InChI=1S/C28H33N3O8/c1-12-4-6-31(7-5-12)27(38)16-11-17(30(2)3)15-9-13-8-14-10-18(32)21(26(29)37)25(36)28(14,39)24(35)19(13)23(34)20(15)22(16)33/h11-14,33-34,36,39H,4-10H2,1-3H3,(H2,29,37)/t13?,14-,28-/m0/s1. The van der Waals surface area contributed by atoms with Gasteiger partial charge in [0.15, 0.2) is 11.4 Å². The van der Waals surface area contributed by atoms with Crippen LogP contribution in [0.5, 0.6) is 5.75 Å². The highest BCUT2D eigenvalue weighted by Gasteiger charge is 2.60. The summed E-state index contributed by atoms with van der Waals surface area (Å²) in [5.74, 6) is -6.89. The lowest BCUT2D eigenvalue weighted by Gasteiger charge is -2.46. The van der Waals surface area contributed by atoms with Crippen LogP contribution >= 0.6 is 0 Å². The quantitative estimate of drug-likeness (QED) is 0.354. The molecule has 1 saturated heterocycles. The van der Waals surface area contributed by atoms with Crippen molar-refractivity contribution in [3.8, 4) is 5.75 Å². The van der Waals surface area contributed by atoms with Gasteiger partial charge in [0.05, 0.1) is 11.1 Å². The molecule has 0 radical (unpaired) electrons. The van der Waals surface area contributed by atoms with Gasteiger partial charge in [-0.3, -0.25) is 19.2 Å². The third-order valence-corrected chi connectivity index (χ3v) is 8.82. The molecule has 1 aromatic carbocycles. The second-order valence-electron chi connectivity index (χ2n) is 11.4. The summed E-state index contributed by atoms with van der Waals surface area (Å²) in [7, 11) is 3.52. The molecular formula is C28H33N3O8. The monoisotopic (exact) mass is 539 g/mol. The number of Topliss-reactive ketones (excluding diaryl/α,β-unsaturated/α-hetero) is 2. The third kappa shape index (κ3) is 3.82. The summed E-state index contributed by atoms with van der Waals surface area (Å²) >= 11 is 0. The number of primary amides is 1. The zero-order chi connectivity index (χ0) is 28.5. The molecule has 1 saturated carbocycles. The number of fused-ring (bicyclic) bond motifs is 3. The van der Waals surface area contributed by atoms with E-state index in [1.165, 1.54) is 0 Å². The molecule has 3 aliphatic carbocycles. The van der Waals surface area contributed by atoms with Crippen molar-refractivity contribution < 1.29 is 39.6 Å². The first-order valence-electron chi connectivity index (χ1n) is 13.1. The first-order valence-corrected chi connectivity index (χ1v) is 13.1. The number of piperidine rings is 1. The lowest BCUT2D eigenvalue weighted by molar-refractivity contribution is -0.147. The summed E-state index contributed by atoms with van der Waals surface area (Å²) in [6, 6.07) is 1.59. The van der Waals surface area contributed by atoms with Crippen molar-refractivity contribution in [3.63, 3.8) is 0 Å². The van der Waals surface area contributed by atoms with Crippen molar-refractivity contribution >= 4 is 34.8 Å². The Morgan fingerprint density at radius 1 is 1.10 bits per heavy atom. The summed E-state index contributed by atoms with van der Waals surface area (Å²) < 4.78 is 0. The molecule has 1 aliphatic heterocycles. The number of likely N-dealkylation sites (tertiary alicyclic amines) is 1. The fourth-order valence-corrected chi connectivity index (χ4v) is 6.61. The van der Waals surface area contributed by atoms with E-state index in [9.17, 15) is 39.6 Å². The van der Waals surface area contributed by atoms with E-state index in [1.54, 1.807) is 30.0 Å². The smallest absolute Gasteiger partial charge is 0.257 e. The molecule has 1 aromatic rings. The van der Waals surface area contributed by atoms with Gasteiger partial charge in [0.25, 0.3) is 11.8 Å². The highest BCUT2D eigenvalue weighted by molar-refractivity contribution is 6.22. The van der Waals surface area contributed by atoms with Gasteiger partial charge >= 0.3 is 0 Å². The van der Waals surface area contributed by atoms with Crippen LogP contribution < -0.4 is 10.6 Å². The van der Waals surface area contributed by atoms with Gasteiger partial charge in [0.1, 0.15) is 22.8 Å². The lowest BCUT2D eigenvalue weighted by atomic mass is 9.59. The molecule has 1 unspecified atom stereocenters. The van der Waals surface area contributed by atoms with Gasteiger partial charge in [0, 0.05) is 50.8 Å². The zero-order valence-corrected chi connectivity index (χ0v) is 22.2. The van der Waals surface area contributed by atoms with Gasteiger partial charge < -0.3 is 36.0 Å². The maximum Gasteiger partial charge on any atom is 0.257 e. The molecule has 208 valence electrons. The van der Waals surface area contributed by atoms with Gasteiger partial charge in [-0.2, -0.15) is 0 Å². The van der Waals surface area contributed by atoms with Crippen LogP contribution in [0.25, 0.3) is 5.76 Å². The molecule has 2 amide bonds. The van der Waals surface area contributed by atoms with Crippen molar-refractivity contribution in [2.24, 2.45) is 23.5 Å². The molecule has 0 bridgehead atoms. The Bertz CT molecular complexity index is 1390. The number of anilines is 1. The van der Waals surface area contributed by atoms with E-state index >= 15 is 0 Å². The molecule has 11 nitrogen and oxygen atoms in total. The zero-order valence-electron chi connectivity index (χ0n) is 22.2. The highest BCUT2D eigenvalue weighted by atomic mass is 16.3. The van der Waals surface area contributed by atoms with Crippen LogP contribution in [0.3, 0.4) is 0 Å². The van der Waals surface area contributed by atoms with E-state index in [-0.39, 0.29) is 36.0 Å². The van der Waals surface area contributed by atoms with Crippen LogP contribution in [0.15, 0.2) is 23.0 Å². The van der Waals surface area contributed by atoms with E-state index in [0.29, 0.717) is 30.3 Å². The average Bonchev–Trinajstić information content (AvgIpc) is 2.86. The first kappa shape index (κ1) is 26.7. The molecular weight excluding hydrogens is 506 g/mol. The number of amides is 2. The second-order valence-corrected chi connectivity index (χ2v) is 11.4. The molecule has 6 N–H and O–H groups in total. The number of carbonyl (C=O) groups is 4. The number of phenolic OH excluding ortho intramolecular Hbond substituents is 1. The first-order chi connectivity index (χ1) is 18.3. The highest BCUT2D eigenvalue weighted by Crippen LogP contribution is 2.53. The fourth-order valence-electron chi connectivity index (χ4n) is 6.61. The Kier molecular flexibility index (Phi) is 6.25. The topological polar surface area (TPSA) is 182 Å². The molecule has 5 rings (SSSR count). The number of nitrogens with two attached hydrogens (primary N) is 1. The van der Waals surface area contributed by atoms with Crippen molar-refractivity contribution in [1.29, 1.82) is 0 Å². The predicted octanol–water partition coefficient (Wildman–Crippen LogP) is 1.36.